The first-order valence-electron chi connectivity index (χ1n) is 6.50. The largest absolute Gasteiger partial charge is 0.325 e. The van der Waals surface area contributed by atoms with Gasteiger partial charge in [-0.2, -0.15) is 0 Å². The Morgan fingerprint density at radius 3 is 2.63 bits per heavy atom. The number of hydrogen-bond acceptors (Lipinski definition) is 3. The summed E-state index contributed by atoms with van der Waals surface area (Å²) in [5.74, 6) is 0. The van der Waals surface area contributed by atoms with E-state index in [-0.39, 0.29) is 0 Å². The average Bonchev–Trinajstić information content (AvgIpc) is 2.79. The molecular formula is C15H20N4. The minimum absolute atomic E-state index is 0.431. The van der Waals surface area contributed by atoms with E-state index >= 15 is 0 Å². The van der Waals surface area contributed by atoms with Crippen molar-refractivity contribution in [2.24, 2.45) is 5.73 Å². The van der Waals surface area contributed by atoms with Crippen LogP contribution in [0.25, 0.3) is 0 Å². The van der Waals surface area contributed by atoms with Crippen molar-refractivity contribution >= 4 is 0 Å². The van der Waals surface area contributed by atoms with Gasteiger partial charge >= 0.3 is 0 Å². The molecule has 2 aromatic rings. The number of aryl methyl sites for hydroxylation is 1. The second kappa shape index (κ2) is 6.29. The zero-order valence-corrected chi connectivity index (χ0v) is 11.3. The van der Waals surface area contributed by atoms with E-state index < -0.39 is 0 Å². The number of nitrogens with two attached hydrogens (primary N) is 1. The Bertz CT molecular complexity index is 543. The Kier molecular flexibility index (Phi) is 4.47. The fourth-order valence-corrected chi connectivity index (χ4v) is 2.09. The number of nitrogens with zero attached hydrogens (tertiary/aromatic N) is 3. The van der Waals surface area contributed by atoms with Gasteiger partial charge in [-0.25, -0.2) is 4.68 Å². The Balaban J connectivity index is 2.13. The highest BCUT2D eigenvalue weighted by Crippen LogP contribution is 2.11. The van der Waals surface area contributed by atoms with Gasteiger partial charge in [0.2, 0.25) is 0 Å². The molecule has 1 aromatic heterocycles. The summed E-state index contributed by atoms with van der Waals surface area (Å²) in [5.41, 5.74) is 10.1. The van der Waals surface area contributed by atoms with E-state index in [1.54, 1.807) is 0 Å². The molecule has 0 spiro atoms. The lowest BCUT2D eigenvalue weighted by atomic mass is 10.1. The molecule has 2 rings (SSSR count). The van der Waals surface area contributed by atoms with Crippen LogP contribution < -0.4 is 5.73 Å². The lowest BCUT2D eigenvalue weighted by Crippen LogP contribution is -2.09. The van der Waals surface area contributed by atoms with Crippen molar-refractivity contribution in [3.05, 3.63) is 59.4 Å². The Morgan fingerprint density at radius 2 is 2.00 bits per heavy atom. The monoisotopic (exact) mass is 256 g/mol. The number of rotatable bonds is 6. The highest BCUT2D eigenvalue weighted by atomic mass is 15.4. The van der Waals surface area contributed by atoms with Gasteiger partial charge in [-0.15, -0.1) is 5.10 Å². The number of allylic oxidation sites excluding steroid dienone is 1. The molecule has 0 bridgehead atoms. The van der Waals surface area contributed by atoms with Crippen LogP contribution in [-0.4, -0.2) is 15.0 Å². The topological polar surface area (TPSA) is 56.7 Å². The summed E-state index contributed by atoms with van der Waals surface area (Å²) < 4.78 is 1.91. The fraction of sp³-hybridized carbons (Fsp3) is 0.333. The molecule has 0 aliphatic heterocycles. The summed E-state index contributed by atoms with van der Waals surface area (Å²) in [6.45, 7) is 7.05. The van der Waals surface area contributed by atoms with Crippen LogP contribution in [0.15, 0.2) is 42.5 Å². The van der Waals surface area contributed by atoms with E-state index in [1.807, 2.05) is 17.7 Å². The zero-order chi connectivity index (χ0) is 13.7. The lowest BCUT2D eigenvalue weighted by Gasteiger charge is -2.07. The standard InChI is InChI=1S/C15H20N4/c1-12(2)11-19-15(14(10-16)17-18-19)9-8-13-6-4-3-5-7-13/h3-7H,1,8-11,16H2,2H3. The van der Waals surface area contributed by atoms with Gasteiger partial charge in [0.1, 0.15) is 0 Å². The predicted molar refractivity (Wildman–Crippen MR) is 76.6 cm³/mol. The van der Waals surface area contributed by atoms with Crippen molar-refractivity contribution in [1.82, 2.24) is 15.0 Å². The molecule has 0 fully saturated rings. The van der Waals surface area contributed by atoms with Crippen molar-refractivity contribution in [1.29, 1.82) is 0 Å². The minimum Gasteiger partial charge on any atom is -0.325 e. The van der Waals surface area contributed by atoms with Crippen LogP contribution in [0.1, 0.15) is 23.9 Å². The molecule has 4 heteroatoms. The summed E-state index contributed by atoms with van der Waals surface area (Å²) in [6, 6.07) is 10.4. The van der Waals surface area contributed by atoms with Crippen molar-refractivity contribution in [2.75, 3.05) is 0 Å². The van der Waals surface area contributed by atoms with Crippen molar-refractivity contribution in [3.63, 3.8) is 0 Å². The van der Waals surface area contributed by atoms with Crippen LogP contribution >= 0.6 is 0 Å². The van der Waals surface area contributed by atoms with Crippen LogP contribution in [0.3, 0.4) is 0 Å². The fourth-order valence-electron chi connectivity index (χ4n) is 2.09. The van der Waals surface area contributed by atoms with Crippen molar-refractivity contribution < 1.29 is 0 Å². The second-order valence-electron chi connectivity index (χ2n) is 4.79. The second-order valence-corrected chi connectivity index (χ2v) is 4.79. The Hall–Kier alpha value is -1.94. The molecule has 2 N–H and O–H groups in total. The van der Waals surface area contributed by atoms with Crippen LogP contribution in [0.2, 0.25) is 0 Å². The summed E-state index contributed by atoms with van der Waals surface area (Å²) in [7, 11) is 0. The highest BCUT2D eigenvalue weighted by Gasteiger charge is 2.11. The smallest absolute Gasteiger partial charge is 0.0994 e. The normalized spacial score (nSPS) is 10.6. The first-order valence-corrected chi connectivity index (χ1v) is 6.50. The van der Waals surface area contributed by atoms with Gasteiger partial charge in [-0.1, -0.05) is 47.7 Å². The molecule has 0 unspecified atom stereocenters. The molecule has 1 heterocycles. The Labute approximate surface area is 113 Å². The van der Waals surface area contributed by atoms with E-state index in [4.69, 9.17) is 5.73 Å². The van der Waals surface area contributed by atoms with Gasteiger partial charge in [0.25, 0.3) is 0 Å². The average molecular weight is 256 g/mol. The van der Waals surface area contributed by atoms with Gasteiger partial charge in [-0.3, -0.25) is 0 Å². The molecule has 1 aromatic carbocycles. The van der Waals surface area contributed by atoms with Crippen molar-refractivity contribution in [2.45, 2.75) is 32.9 Å². The van der Waals surface area contributed by atoms with Gasteiger partial charge < -0.3 is 5.73 Å². The number of aromatic nitrogens is 3. The first-order chi connectivity index (χ1) is 9.20. The van der Waals surface area contributed by atoms with Crippen LogP contribution in [-0.2, 0) is 25.9 Å². The summed E-state index contributed by atoms with van der Waals surface area (Å²) in [5, 5.41) is 8.31. The van der Waals surface area contributed by atoms with Crippen LogP contribution in [0.4, 0.5) is 0 Å². The van der Waals surface area contributed by atoms with E-state index in [1.165, 1.54) is 5.56 Å². The third-order valence-electron chi connectivity index (χ3n) is 3.02. The maximum atomic E-state index is 5.73. The van der Waals surface area contributed by atoms with Gasteiger partial charge in [-0.05, 0) is 25.3 Å². The third kappa shape index (κ3) is 3.51. The molecule has 0 aliphatic rings. The van der Waals surface area contributed by atoms with Gasteiger partial charge in [0.15, 0.2) is 0 Å². The van der Waals surface area contributed by atoms with Crippen molar-refractivity contribution in [3.8, 4) is 0 Å². The number of benzene rings is 1. The molecule has 0 atom stereocenters. The third-order valence-corrected chi connectivity index (χ3v) is 3.02. The molecular weight excluding hydrogens is 236 g/mol. The molecule has 0 amide bonds. The molecule has 19 heavy (non-hydrogen) atoms. The summed E-state index contributed by atoms with van der Waals surface area (Å²) in [4.78, 5) is 0. The van der Waals surface area contributed by atoms with E-state index in [9.17, 15) is 0 Å². The first kappa shape index (κ1) is 13.5. The maximum absolute atomic E-state index is 5.73. The molecule has 0 saturated heterocycles. The van der Waals surface area contributed by atoms with Gasteiger partial charge in [0.05, 0.1) is 17.9 Å². The van der Waals surface area contributed by atoms with E-state index in [0.717, 1.165) is 29.8 Å². The number of hydrogen-bond donors (Lipinski definition) is 1. The highest BCUT2D eigenvalue weighted by molar-refractivity contribution is 5.18. The predicted octanol–water partition coefficient (Wildman–Crippen LogP) is 2.10. The summed E-state index contributed by atoms with van der Waals surface area (Å²) in [6.07, 6.45) is 1.87. The molecule has 0 saturated carbocycles. The van der Waals surface area contributed by atoms with E-state index in [0.29, 0.717) is 13.1 Å². The molecule has 0 aliphatic carbocycles. The van der Waals surface area contributed by atoms with Gasteiger partial charge in [0, 0.05) is 6.54 Å². The molecule has 0 radical (unpaired) electrons. The maximum Gasteiger partial charge on any atom is 0.0994 e. The SMILES string of the molecule is C=C(C)Cn1nnc(CN)c1CCc1ccccc1. The quantitative estimate of drug-likeness (QED) is 0.805. The zero-order valence-electron chi connectivity index (χ0n) is 11.3. The lowest BCUT2D eigenvalue weighted by molar-refractivity contribution is 0.610. The van der Waals surface area contributed by atoms with E-state index in [2.05, 4.69) is 41.2 Å². The van der Waals surface area contributed by atoms with Crippen LogP contribution in [0, 0.1) is 0 Å². The molecule has 100 valence electrons. The minimum atomic E-state index is 0.431. The molecule has 4 nitrogen and oxygen atoms in total. The summed E-state index contributed by atoms with van der Waals surface area (Å²) >= 11 is 0. The Morgan fingerprint density at radius 1 is 1.26 bits per heavy atom. The van der Waals surface area contributed by atoms with Crippen LogP contribution in [0.5, 0.6) is 0 Å².